The van der Waals surface area contributed by atoms with Crippen molar-refractivity contribution in [1.29, 1.82) is 0 Å². The van der Waals surface area contributed by atoms with Crippen molar-refractivity contribution in [2.45, 2.75) is 25.7 Å². The summed E-state index contributed by atoms with van der Waals surface area (Å²) in [5.74, 6) is -1.42. The number of carboxylic acids is 1. The molecule has 4 rings (SSSR count). The van der Waals surface area contributed by atoms with Crippen molar-refractivity contribution >= 4 is 23.0 Å². The highest BCUT2D eigenvalue weighted by atomic mass is 32.1. The minimum absolute atomic E-state index is 0.587. The Kier molecular flexibility index (Phi) is 4.24. The zero-order valence-electron chi connectivity index (χ0n) is 14.8. The van der Waals surface area contributed by atoms with Gasteiger partial charge in [0.15, 0.2) is 4.80 Å². The van der Waals surface area contributed by atoms with E-state index in [0.29, 0.717) is 0 Å². The molecule has 0 amide bonds. The van der Waals surface area contributed by atoms with Crippen LogP contribution in [0.4, 0.5) is 5.69 Å². The fourth-order valence-electron chi connectivity index (χ4n) is 3.52. The summed E-state index contributed by atoms with van der Waals surface area (Å²) in [4.78, 5) is 18.5. The van der Waals surface area contributed by atoms with Crippen LogP contribution in [0.25, 0.3) is 11.3 Å². The quantitative estimate of drug-likeness (QED) is 0.754. The van der Waals surface area contributed by atoms with E-state index in [4.69, 9.17) is 4.99 Å². The highest BCUT2D eigenvalue weighted by Crippen LogP contribution is 2.35. The van der Waals surface area contributed by atoms with E-state index in [0.717, 1.165) is 28.9 Å². The topological polar surface area (TPSA) is 54.6 Å². The Bertz CT molecular complexity index is 1060. The van der Waals surface area contributed by atoms with Gasteiger partial charge in [-0.1, -0.05) is 42.5 Å². The second kappa shape index (κ2) is 6.57. The predicted octanol–water partition coefficient (Wildman–Crippen LogP) is 4.27. The lowest BCUT2D eigenvalue weighted by molar-refractivity contribution is -0.138. The van der Waals surface area contributed by atoms with Crippen molar-refractivity contribution in [2.24, 2.45) is 12.0 Å². The third kappa shape index (κ3) is 2.78. The van der Waals surface area contributed by atoms with Gasteiger partial charge in [0.05, 0.1) is 17.3 Å². The zero-order chi connectivity index (χ0) is 18.3. The molecule has 132 valence electrons. The Morgan fingerprint density at radius 2 is 1.88 bits per heavy atom. The first-order valence-corrected chi connectivity index (χ1v) is 9.51. The van der Waals surface area contributed by atoms with E-state index >= 15 is 0 Å². The van der Waals surface area contributed by atoms with Gasteiger partial charge in [0, 0.05) is 17.5 Å². The van der Waals surface area contributed by atoms with Crippen LogP contribution in [0.15, 0.2) is 53.5 Å². The maximum Gasteiger partial charge on any atom is 0.310 e. The standard InChI is InChI=1S/C21H20N2O2S/c1-13(20(24)25)15-8-5-6-10-17(15)22-21-23(2)19-16-9-4-3-7-14(16)11-12-18(19)26-21/h3-10,13H,11-12H2,1-2H3,(H,24,25). The van der Waals surface area contributed by atoms with Crippen LogP contribution in [0.3, 0.4) is 0 Å². The molecular formula is C21H20N2O2S. The fraction of sp³-hybridized carbons (Fsp3) is 0.238. The zero-order valence-corrected chi connectivity index (χ0v) is 15.6. The van der Waals surface area contributed by atoms with E-state index < -0.39 is 11.9 Å². The molecule has 26 heavy (non-hydrogen) atoms. The van der Waals surface area contributed by atoms with E-state index in [2.05, 4.69) is 28.8 Å². The molecule has 0 saturated carbocycles. The molecule has 1 aromatic heterocycles. The number of nitrogens with zero attached hydrogens (tertiary/aromatic N) is 2. The van der Waals surface area contributed by atoms with Crippen molar-refractivity contribution in [3.8, 4) is 11.3 Å². The molecule has 1 aliphatic carbocycles. The normalized spacial score (nSPS) is 14.6. The molecular weight excluding hydrogens is 344 g/mol. The molecule has 1 unspecified atom stereocenters. The predicted molar refractivity (Wildman–Crippen MR) is 104 cm³/mol. The Morgan fingerprint density at radius 3 is 2.69 bits per heavy atom. The molecule has 0 saturated heterocycles. The largest absolute Gasteiger partial charge is 0.481 e. The average molecular weight is 364 g/mol. The van der Waals surface area contributed by atoms with Gasteiger partial charge in [-0.25, -0.2) is 4.99 Å². The third-order valence-corrected chi connectivity index (χ3v) is 6.18. The lowest BCUT2D eigenvalue weighted by Gasteiger charge is -2.16. The van der Waals surface area contributed by atoms with Crippen LogP contribution >= 0.6 is 11.3 Å². The Balaban J connectivity index is 1.88. The molecule has 0 spiro atoms. The molecule has 2 aromatic carbocycles. The molecule has 0 fully saturated rings. The summed E-state index contributed by atoms with van der Waals surface area (Å²) in [6.45, 7) is 1.70. The van der Waals surface area contributed by atoms with E-state index in [1.165, 1.54) is 21.7 Å². The molecule has 4 nitrogen and oxygen atoms in total. The third-order valence-electron chi connectivity index (χ3n) is 4.98. The summed E-state index contributed by atoms with van der Waals surface area (Å²) in [6.07, 6.45) is 2.07. The van der Waals surface area contributed by atoms with Crippen molar-refractivity contribution in [3.63, 3.8) is 0 Å². The maximum atomic E-state index is 11.4. The van der Waals surface area contributed by atoms with Gasteiger partial charge >= 0.3 is 5.97 Å². The number of fused-ring (bicyclic) bond motifs is 3. The number of rotatable bonds is 3. The highest BCUT2D eigenvalue weighted by Gasteiger charge is 2.21. The van der Waals surface area contributed by atoms with E-state index in [-0.39, 0.29) is 0 Å². The minimum atomic E-state index is -0.837. The van der Waals surface area contributed by atoms with Gasteiger partial charge in [-0.05, 0) is 37.0 Å². The minimum Gasteiger partial charge on any atom is -0.481 e. The van der Waals surface area contributed by atoms with Gasteiger partial charge in [-0.15, -0.1) is 11.3 Å². The number of carboxylic acid groups (broad SMARTS) is 1. The van der Waals surface area contributed by atoms with Gasteiger partial charge in [-0.2, -0.15) is 0 Å². The Hall–Kier alpha value is -2.66. The molecule has 1 aliphatic rings. The number of thiazole rings is 1. The first-order chi connectivity index (χ1) is 12.6. The van der Waals surface area contributed by atoms with Gasteiger partial charge in [-0.3, -0.25) is 4.79 Å². The fourth-order valence-corrected chi connectivity index (χ4v) is 4.66. The summed E-state index contributed by atoms with van der Waals surface area (Å²) in [5.41, 5.74) is 5.36. The van der Waals surface area contributed by atoms with Gasteiger partial charge in [0.2, 0.25) is 0 Å². The summed E-state index contributed by atoms with van der Waals surface area (Å²) in [7, 11) is 2.04. The number of benzene rings is 2. The van der Waals surface area contributed by atoms with Crippen LogP contribution in [0.1, 0.15) is 28.8 Å². The molecule has 3 aromatic rings. The van der Waals surface area contributed by atoms with Crippen molar-refractivity contribution in [3.05, 3.63) is 69.3 Å². The first-order valence-electron chi connectivity index (χ1n) is 8.69. The number of aliphatic carboxylic acids is 1. The molecule has 1 heterocycles. The SMILES string of the molecule is CC(C(=O)O)c1ccccc1N=c1sc2c(n1C)-c1ccccc1CC2. The number of aromatic nitrogens is 1. The number of para-hydroxylation sites is 1. The molecule has 1 N–H and O–H groups in total. The number of aryl methyl sites for hydroxylation is 2. The number of hydrogen-bond acceptors (Lipinski definition) is 3. The Morgan fingerprint density at radius 1 is 1.15 bits per heavy atom. The average Bonchev–Trinajstić information content (AvgIpc) is 2.97. The van der Waals surface area contributed by atoms with Gasteiger partial charge in [0.25, 0.3) is 0 Å². The van der Waals surface area contributed by atoms with Crippen LogP contribution in [-0.2, 0) is 24.7 Å². The molecule has 0 aliphatic heterocycles. The summed E-state index contributed by atoms with van der Waals surface area (Å²) >= 11 is 1.70. The number of carbonyl (C=O) groups is 1. The monoisotopic (exact) mass is 364 g/mol. The van der Waals surface area contributed by atoms with Gasteiger partial charge < -0.3 is 9.67 Å². The van der Waals surface area contributed by atoms with Crippen molar-refractivity contribution < 1.29 is 9.90 Å². The lowest BCUT2D eigenvalue weighted by atomic mass is 9.93. The Labute approximate surface area is 156 Å². The second-order valence-electron chi connectivity index (χ2n) is 6.60. The second-order valence-corrected chi connectivity index (χ2v) is 7.67. The molecule has 1 atom stereocenters. The number of hydrogen-bond donors (Lipinski definition) is 1. The summed E-state index contributed by atoms with van der Waals surface area (Å²) in [6, 6.07) is 16.0. The highest BCUT2D eigenvalue weighted by molar-refractivity contribution is 7.09. The summed E-state index contributed by atoms with van der Waals surface area (Å²) in [5, 5.41) is 9.38. The van der Waals surface area contributed by atoms with Crippen LogP contribution in [-0.4, -0.2) is 15.6 Å². The maximum absolute atomic E-state index is 11.4. The first kappa shape index (κ1) is 16.8. The lowest BCUT2D eigenvalue weighted by Crippen LogP contribution is -2.13. The van der Waals surface area contributed by atoms with Crippen molar-refractivity contribution in [2.75, 3.05) is 0 Å². The van der Waals surface area contributed by atoms with Crippen LogP contribution in [0.5, 0.6) is 0 Å². The van der Waals surface area contributed by atoms with E-state index in [1.807, 2.05) is 31.3 Å². The smallest absolute Gasteiger partial charge is 0.310 e. The molecule has 0 bridgehead atoms. The van der Waals surface area contributed by atoms with Crippen LogP contribution in [0.2, 0.25) is 0 Å². The molecule has 5 heteroatoms. The summed E-state index contributed by atoms with van der Waals surface area (Å²) < 4.78 is 2.14. The van der Waals surface area contributed by atoms with Crippen molar-refractivity contribution in [1.82, 2.24) is 4.57 Å². The van der Waals surface area contributed by atoms with Gasteiger partial charge in [0.1, 0.15) is 0 Å². The van der Waals surface area contributed by atoms with Crippen LogP contribution < -0.4 is 4.80 Å². The van der Waals surface area contributed by atoms with E-state index in [9.17, 15) is 9.90 Å². The van der Waals surface area contributed by atoms with E-state index in [1.54, 1.807) is 18.3 Å². The molecule has 0 radical (unpaired) electrons. The van der Waals surface area contributed by atoms with Crippen LogP contribution in [0, 0.1) is 0 Å².